The summed E-state index contributed by atoms with van der Waals surface area (Å²) < 4.78 is 67.4. The van der Waals surface area contributed by atoms with E-state index in [0.29, 0.717) is 18.2 Å². The molecule has 0 saturated heterocycles. The fraction of sp³-hybridized carbons (Fsp3) is 0. The Morgan fingerprint density at radius 1 is 1.13 bits per heavy atom. The molecule has 1 rings (SSSR count). The Hall–Kier alpha value is -1.06. The van der Waals surface area contributed by atoms with Crippen LogP contribution in [0.2, 0.25) is 0 Å². The van der Waals surface area contributed by atoms with Crippen LogP contribution in [-0.2, 0) is 20.2 Å². The highest BCUT2D eigenvalue weighted by molar-refractivity contribution is 7.89. The highest BCUT2D eigenvalue weighted by Crippen LogP contribution is 2.19. The monoisotopic (exact) mass is 257 g/mol. The van der Waals surface area contributed by atoms with Gasteiger partial charge in [0.2, 0.25) is 10.0 Å². The van der Waals surface area contributed by atoms with Gasteiger partial charge in [-0.05, 0) is 18.2 Å². The third-order valence-corrected chi connectivity index (χ3v) is 3.26. The first-order valence-electron chi connectivity index (χ1n) is 3.39. The van der Waals surface area contributed by atoms with Crippen LogP contribution in [0.25, 0.3) is 0 Å². The average molecular weight is 257 g/mol. The molecule has 0 fully saturated rings. The topological polar surface area (TPSA) is 94.3 Å². The van der Waals surface area contributed by atoms with Crippen molar-refractivity contribution in [1.82, 2.24) is 0 Å². The fourth-order valence-electron chi connectivity index (χ4n) is 0.856. The number of primary sulfonamides is 1. The quantitative estimate of drug-likeness (QED) is 0.762. The SMILES string of the molecule is NS(=O)(=O)c1ccc(S(=O)(=O)F)c(F)c1. The summed E-state index contributed by atoms with van der Waals surface area (Å²) in [6.07, 6.45) is 0. The van der Waals surface area contributed by atoms with Crippen molar-refractivity contribution in [3.63, 3.8) is 0 Å². The summed E-state index contributed by atoms with van der Waals surface area (Å²) >= 11 is 0. The van der Waals surface area contributed by atoms with Crippen LogP contribution in [-0.4, -0.2) is 16.8 Å². The van der Waals surface area contributed by atoms with Crippen LogP contribution in [0.3, 0.4) is 0 Å². The number of rotatable bonds is 2. The van der Waals surface area contributed by atoms with Gasteiger partial charge >= 0.3 is 10.2 Å². The van der Waals surface area contributed by atoms with Crippen molar-refractivity contribution in [3.05, 3.63) is 24.0 Å². The molecule has 0 bridgehead atoms. The van der Waals surface area contributed by atoms with Gasteiger partial charge in [-0.15, -0.1) is 3.89 Å². The van der Waals surface area contributed by atoms with Gasteiger partial charge in [0.05, 0.1) is 4.90 Å². The molecule has 0 aliphatic carbocycles. The number of hydrogen-bond acceptors (Lipinski definition) is 4. The molecule has 0 radical (unpaired) electrons. The van der Waals surface area contributed by atoms with E-state index in [1.165, 1.54) is 0 Å². The van der Waals surface area contributed by atoms with Crippen molar-refractivity contribution in [2.75, 3.05) is 0 Å². The van der Waals surface area contributed by atoms with Crippen molar-refractivity contribution < 1.29 is 25.1 Å². The van der Waals surface area contributed by atoms with Crippen LogP contribution in [0.5, 0.6) is 0 Å². The predicted octanol–water partition coefficient (Wildman–Crippen LogP) is 0.131. The van der Waals surface area contributed by atoms with Crippen LogP contribution in [0.1, 0.15) is 0 Å². The van der Waals surface area contributed by atoms with E-state index in [1.54, 1.807) is 0 Å². The number of nitrogens with two attached hydrogens (primary N) is 1. The number of benzene rings is 1. The van der Waals surface area contributed by atoms with Crippen LogP contribution >= 0.6 is 0 Å². The minimum atomic E-state index is -5.21. The van der Waals surface area contributed by atoms with Crippen molar-refractivity contribution in [2.45, 2.75) is 9.79 Å². The standard InChI is InChI=1S/C6H5F2NO4S2/c7-5-3-4(15(9,12)13)1-2-6(5)14(8,10)11/h1-3H,(H2,9,12,13). The molecule has 1 aromatic rings. The van der Waals surface area contributed by atoms with Crippen molar-refractivity contribution in [3.8, 4) is 0 Å². The normalized spacial score (nSPS) is 12.7. The molecule has 15 heavy (non-hydrogen) atoms. The third kappa shape index (κ3) is 2.70. The fourth-order valence-corrected chi connectivity index (χ4v) is 1.90. The number of sulfonamides is 1. The van der Waals surface area contributed by atoms with Crippen molar-refractivity contribution in [2.24, 2.45) is 5.14 Å². The molecule has 0 heterocycles. The molecular formula is C6H5F2NO4S2. The lowest BCUT2D eigenvalue weighted by Gasteiger charge is -2.00. The zero-order valence-electron chi connectivity index (χ0n) is 7.01. The molecule has 0 saturated carbocycles. The molecule has 5 nitrogen and oxygen atoms in total. The Balaban J connectivity index is 3.47. The maximum Gasteiger partial charge on any atom is 0.335 e. The number of hydrogen-bond donors (Lipinski definition) is 1. The van der Waals surface area contributed by atoms with E-state index < -0.39 is 35.9 Å². The molecule has 84 valence electrons. The molecule has 2 N–H and O–H groups in total. The molecule has 0 aliphatic heterocycles. The van der Waals surface area contributed by atoms with Gasteiger partial charge in [0.15, 0.2) is 0 Å². The van der Waals surface area contributed by atoms with Crippen molar-refractivity contribution >= 4 is 20.2 Å². The summed E-state index contributed by atoms with van der Waals surface area (Å²) in [4.78, 5) is -1.86. The molecule has 0 aliphatic rings. The molecule has 0 unspecified atom stereocenters. The summed E-state index contributed by atoms with van der Waals surface area (Å²) in [7, 11) is -9.35. The molecule has 1 aromatic carbocycles. The Morgan fingerprint density at radius 3 is 2.00 bits per heavy atom. The zero-order valence-corrected chi connectivity index (χ0v) is 8.65. The maximum absolute atomic E-state index is 12.9. The lowest BCUT2D eigenvalue weighted by molar-refractivity contribution is 0.531. The van der Waals surface area contributed by atoms with Crippen LogP contribution in [0, 0.1) is 5.82 Å². The minimum Gasteiger partial charge on any atom is -0.225 e. The summed E-state index contributed by atoms with van der Waals surface area (Å²) in [5, 5.41) is 4.65. The van der Waals surface area contributed by atoms with Gasteiger partial charge in [-0.2, -0.15) is 8.42 Å². The second-order valence-corrected chi connectivity index (χ2v) is 5.45. The van der Waals surface area contributed by atoms with E-state index >= 15 is 0 Å². The van der Waals surface area contributed by atoms with E-state index in [0.717, 1.165) is 0 Å². The van der Waals surface area contributed by atoms with Crippen molar-refractivity contribution in [1.29, 1.82) is 0 Å². The first-order valence-corrected chi connectivity index (χ1v) is 6.32. The molecule has 0 atom stereocenters. The summed E-state index contributed by atoms with van der Waals surface area (Å²) in [6, 6.07) is 1.52. The zero-order chi connectivity index (χ0) is 11.9. The molecule has 0 amide bonds. The molecule has 9 heteroatoms. The molecular weight excluding hydrogens is 252 g/mol. The summed E-state index contributed by atoms with van der Waals surface area (Å²) in [5.74, 6) is -1.51. The van der Waals surface area contributed by atoms with E-state index in [9.17, 15) is 25.1 Å². The average Bonchev–Trinajstić information content (AvgIpc) is 1.99. The minimum absolute atomic E-state index is 0.335. The van der Waals surface area contributed by atoms with Crippen LogP contribution in [0.15, 0.2) is 28.0 Å². The second-order valence-electron chi connectivity index (χ2n) is 2.58. The van der Waals surface area contributed by atoms with Gasteiger partial charge in [0.1, 0.15) is 10.7 Å². The van der Waals surface area contributed by atoms with Gasteiger partial charge in [-0.25, -0.2) is 17.9 Å². The van der Waals surface area contributed by atoms with E-state index in [-0.39, 0.29) is 0 Å². The lowest BCUT2D eigenvalue weighted by Crippen LogP contribution is -2.13. The third-order valence-electron chi connectivity index (χ3n) is 1.49. The van der Waals surface area contributed by atoms with Crippen LogP contribution in [0.4, 0.5) is 8.28 Å². The second kappa shape index (κ2) is 3.51. The summed E-state index contributed by atoms with van der Waals surface area (Å²) in [6.45, 7) is 0. The molecule has 0 spiro atoms. The Labute approximate surface area is 84.8 Å². The first kappa shape index (κ1) is 12.0. The van der Waals surface area contributed by atoms with Gasteiger partial charge in [0, 0.05) is 0 Å². The Bertz CT molecular complexity index is 594. The predicted molar refractivity (Wildman–Crippen MR) is 46.1 cm³/mol. The van der Waals surface area contributed by atoms with E-state index in [1.807, 2.05) is 0 Å². The largest absolute Gasteiger partial charge is 0.335 e. The lowest BCUT2D eigenvalue weighted by atomic mass is 10.3. The highest BCUT2D eigenvalue weighted by Gasteiger charge is 2.20. The van der Waals surface area contributed by atoms with E-state index in [4.69, 9.17) is 0 Å². The maximum atomic E-state index is 12.9. The van der Waals surface area contributed by atoms with E-state index in [2.05, 4.69) is 5.14 Å². The van der Waals surface area contributed by atoms with Gasteiger partial charge in [-0.3, -0.25) is 0 Å². The first-order chi connectivity index (χ1) is 6.62. The smallest absolute Gasteiger partial charge is 0.225 e. The van der Waals surface area contributed by atoms with Gasteiger partial charge in [0.25, 0.3) is 0 Å². The van der Waals surface area contributed by atoms with Gasteiger partial charge < -0.3 is 0 Å². The number of halogens is 2. The Kier molecular flexibility index (Phi) is 2.81. The van der Waals surface area contributed by atoms with Gasteiger partial charge in [-0.1, -0.05) is 0 Å². The Morgan fingerprint density at radius 2 is 1.67 bits per heavy atom. The molecule has 0 aromatic heterocycles. The summed E-state index contributed by atoms with van der Waals surface area (Å²) in [5.41, 5.74) is 0. The van der Waals surface area contributed by atoms with Crippen LogP contribution < -0.4 is 5.14 Å². The highest BCUT2D eigenvalue weighted by atomic mass is 32.3.